The van der Waals surface area contributed by atoms with Crippen molar-refractivity contribution in [1.82, 2.24) is 5.32 Å². The topological polar surface area (TPSA) is 64.3 Å². The summed E-state index contributed by atoms with van der Waals surface area (Å²) in [6.45, 7) is 4.63. The molecular weight excluding hydrogens is 264 g/mol. The van der Waals surface area contributed by atoms with Crippen molar-refractivity contribution in [2.45, 2.75) is 20.4 Å². The molecule has 0 spiro atoms. The van der Waals surface area contributed by atoms with Crippen LogP contribution in [0.25, 0.3) is 0 Å². The number of ether oxygens (including phenoxy) is 1. The second kappa shape index (κ2) is 7.36. The largest absolute Gasteiger partial charge is 0.496 e. The van der Waals surface area contributed by atoms with E-state index in [0.29, 0.717) is 23.9 Å². The molecule has 0 saturated heterocycles. The van der Waals surface area contributed by atoms with Gasteiger partial charge in [-0.15, -0.1) is 0 Å². The summed E-state index contributed by atoms with van der Waals surface area (Å²) < 4.78 is 5.23. The van der Waals surface area contributed by atoms with Gasteiger partial charge in [-0.2, -0.15) is 0 Å². The first-order valence-corrected chi connectivity index (χ1v) is 6.68. The van der Waals surface area contributed by atoms with Crippen molar-refractivity contribution < 1.29 is 9.53 Å². The molecular formula is C14H21ClN2O2. The summed E-state index contributed by atoms with van der Waals surface area (Å²) in [6, 6.07) is 5.40. The van der Waals surface area contributed by atoms with Crippen LogP contribution in [-0.2, 0) is 11.3 Å². The molecule has 4 nitrogen and oxygen atoms in total. The SMILES string of the molecule is COc1cccc(Cl)c1CNC(=O)C(CN)C(C)C. The summed E-state index contributed by atoms with van der Waals surface area (Å²) in [6.07, 6.45) is 0. The zero-order valence-electron chi connectivity index (χ0n) is 11.6. The van der Waals surface area contributed by atoms with E-state index in [1.54, 1.807) is 13.2 Å². The van der Waals surface area contributed by atoms with Crippen LogP contribution >= 0.6 is 11.6 Å². The van der Waals surface area contributed by atoms with Gasteiger partial charge in [0, 0.05) is 23.7 Å². The number of nitrogens with two attached hydrogens (primary N) is 1. The molecule has 3 N–H and O–H groups in total. The Morgan fingerprint density at radius 2 is 2.16 bits per heavy atom. The van der Waals surface area contributed by atoms with Crippen LogP contribution in [0.3, 0.4) is 0 Å². The highest BCUT2D eigenvalue weighted by atomic mass is 35.5. The molecule has 1 aromatic rings. The zero-order chi connectivity index (χ0) is 14.4. The van der Waals surface area contributed by atoms with Crippen LogP contribution in [0.1, 0.15) is 19.4 Å². The fourth-order valence-corrected chi connectivity index (χ4v) is 2.12. The zero-order valence-corrected chi connectivity index (χ0v) is 12.3. The van der Waals surface area contributed by atoms with Crippen molar-refractivity contribution in [3.05, 3.63) is 28.8 Å². The quantitative estimate of drug-likeness (QED) is 0.842. The van der Waals surface area contributed by atoms with Crippen molar-refractivity contribution in [1.29, 1.82) is 0 Å². The van der Waals surface area contributed by atoms with Crippen LogP contribution < -0.4 is 15.8 Å². The Morgan fingerprint density at radius 1 is 1.47 bits per heavy atom. The molecule has 1 unspecified atom stereocenters. The van der Waals surface area contributed by atoms with Gasteiger partial charge in [0.05, 0.1) is 13.0 Å². The van der Waals surface area contributed by atoms with E-state index in [2.05, 4.69) is 5.32 Å². The van der Waals surface area contributed by atoms with Gasteiger partial charge in [-0.1, -0.05) is 31.5 Å². The average molecular weight is 285 g/mol. The number of hydrogen-bond donors (Lipinski definition) is 2. The Kier molecular flexibility index (Phi) is 6.12. The minimum Gasteiger partial charge on any atom is -0.496 e. The van der Waals surface area contributed by atoms with E-state index in [9.17, 15) is 4.79 Å². The van der Waals surface area contributed by atoms with E-state index < -0.39 is 0 Å². The lowest BCUT2D eigenvalue weighted by Gasteiger charge is -2.19. The van der Waals surface area contributed by atoms with Crippen LogP contribution in [0.2, 0.25) is 5.02 Å². The lowest BCUT2D eigenvalue weighted by atomic mass is 9.95. The van der Waals surface area contributed by atoms with Gasteiger partial charge < -0.3 is 15.8 Å². The van der Waals surface area contributed by atoms with E-state index >= 15 is 0 Å². The molecule has 0 aromatic heterocycles. The Labute approximate surface area is 119 Å². The minimum absolute atomic E-state index is 0.0560. The number of carbonyl (C=O) groups excluding carboxylic acids is 1. The van der Waals surface area contributed by atoms with Gasteiger partial charge in [0.15, 0.2) is 0 Å². The second-order valence-electron chi connectivity index (χ2n) is 4.72. The van der Waals surface area contributed by atoms with Crippen LogP contribution in [0.4, 0.5) is 0 Å². The summed E-state index contributed by atoms with van der Waals surface area (Å²) in [7, 11) is 1.58. The van der Waals surface area contributed by atoms with E-state index in [1.165, 1.54) is 0 Å². The highest BCUT2D eigenvalue weighted by Gasteiger charge is 2.20. The summed E-state index contributed by atoms with van der Waals surface area (Å²) in [5.41, 5.74) is 6.40. The first kappa shape index (κ1) is 15.8. The molecule has 1 aromatic carbocycles. The molecule has 0 fully saturated rings. The van der Waals surface area contributed by atoms with Crippen molar-refractivity contribution in [2.24, 2.45) is 17.6 Å². The van der Waals surface area contributed by atoms with Gasteiger partial charge in [-0.05, 0) is 18.1 Å². The van der Waals surface area contributed by atoms with Gasteiger partial charge >= 0.3 is 0 Å². The Hall–Kier alpha value is -1.26. The third-order valence-electron chi connectivity index (χ3n) is 3.13. The number of methoxy groups -OCH3 is 1. The number of nitrogens with one attached hydrogen (secondary N) is 1. The monoisotopic (exact) mass is 284 g/mol. The lowest BCUT2D eigenvalue weighted by Crippen LogP contribution is -2.37. The maximum Gasteiger partial charge on any atom is 0.224 e. The number of amides is 1. The average Bonchev–Trinajstić information content (AvgIpc) is 2.37. The predicted octanol–water partition coefficient (Wildman–Crippen LogP) is 2.20. The Balaban J connectivity index is 2.74. The highest BCUT2D eigenvalue weighted by molar-refractivity contribution is 6.31. The van der Waals surface area contributed by atoms with Gasteiger partial charge in [-0.3, -0.25) is 4.79 Å². The van der Waals surface area contributed by atoms with Crippen LogP contribution in [0.5, 0.6) is 5.75 Å². The molecule has 0 radical (unpaired) electrons. The number of hydrogen-bond acceptors (Lipinski definition) is 3. The predicted molar refractivity (Wildman–Crippen MR) is 77.2 cm³/mol. The number of carbonyl (C=O) groups is 1. The number of rotatable bonds is 6. The molecule has 5 heteroatoms. The third kappa shape index (κ3) is 4.11. The minimum atomic E-state index is -0.187. The molecule has 1 atom stereocenters. The normalized spacial score (nSPS) is 12.3. The molecule has 0 aliphatic heterocycles. The van der Waals surface area contributed by atoms with Crippen LogP contribution in [0.15, 0.2) is 18.2 Å². The van der Waals surface area contributed by atoms with Gasteiger partial charge in [0.2, 0.25) is 5.91 Å². The molecule has 106 valence electrons. The summed E-state index contributed by atoms with van der Waals surface area (Å²) in [5.74, 6) is 0.632. The summed E-state index contributed by atoms with van der Waals surface area (Å²) in [5, 5.41) is 3.44. The smallest absolute Gasteiger partial charge is 0.224 e. The maximum absolute atomic E-state index is 12.0. The maximum atomic E-state index is 12.0. The van der Waals surface area contributed by atoms with Crippen molar-refractivity contribution >= 4 is 17.5 Å². The first-order chi connectivity index (χ1) is 9.01. The second-order valence-corrected chi connectivity index (χ2v) is 5.13. The van der Waals surface area contributed by atoms with E-state index in [4.69, 9.17) is 22.1 Å². The van der Waals surface area contributed by atoms with Crippen molar-refractivity contribution in [3.63, 3.8) is 0 Å². The standard InChI is InChI=1S/C14H21ClN2O2/c1-9(2)10(7-16)14(18)17-8-11-12(15)5-4-6-13(11)19-3/h4-6,9-10H,7-8,16H2,1-3H3,(H,17,18). The Morgan fingerprint density at radius 3 is 2.68 bits per heavy atom. The molecule has 0 heterocycles. The fraction of sp³-hybridized carbons (Fsp3) is 0.500. The van der Waals surface area contributed by atoms with E-state index in [1.807, 2.05) is 26.0 Å². The molecule has 0 saturated carbocycles. The van der Waals surface area contributed by atoms with Crippen molar-refractivity contribution in [3.8, 4) is 5.75 Å². The van der Waals surface area contributed by atoms with Crippen LogP contribution in [-0.4, -0.2) is 19.6 Å². The third-order valence-corrected chi connectivity index (χ3v) is 3.48. The number of benzene rings is 1. The molecule has 1 amide bonds. The Bertz CT molecular complexity index is 435. The van der Waals surface area contributed by atoms with Gasteiger partial charge in [-0.25, -0.2) is 0 Å². The summed E-state index contributed by atoms with van der Waals surface area (Å²) >= 11 is 6.11. The number of halogens is 1. The van der Waals surface area contributed by atoms with Gasteiger partial charge in [0.25, 0.3) is 0 Å². The van der Waals surface area contributed by atoms with Crippen molar-refractivity contribution in [2.75, 3.05) is 13.7 Å². The molecule has 0 aliphatic carbocycles. The summed E-state index contributed by atoms with van der Waals surface area (Å²) in [4.78, 5) is 12.0. The van der Waals surface area contributed by atoms with E-state index in [0.717, 1.165) is 5.56 Å². The molecule has 1 rings (SSSR count). The van der Waals surface area contributed by atoms with Crippen LogP contribution in [0, 0.1) is 11.8 Å². The highest BCUT2D eigenvalue weighted by Crippen LogP contribution is 2.26. The van der Waals surface area contributed by atoms with Gasteiger partial charge in [0.1, 0.15) is 5.75 Å². The first-order valence-electron chi connectivity index (χ1n) is 6.30. The molecule has 0 aliphatic rings. The van der Waals surface area contributed by atoms with E-state index in [-0.39, 0.29) is 17.7 Å². The lowest BCUT2D eigenvalue weighted by molar-refractivity contribution is -0.126. The fourth-order valence-electron chi connectivity index (χ4n) is 1.89. The molecule has 19 heavy (non-hydrogen) atoms. The molecule has 0 bridgehead atoms.